The van der Waals surface area contributed by atoms with Crippen LogP contribution >= 0.6 is 0 Å². The Kier molecular flexibility index (Phi) is 4.06. The standard InChI is InChI=1S/C19H25N5O/c1-19(2,18-20-22-23-21-18)12-17(25)24(14-10-11-14)16-9-5-7-13-6-3-4-8-15(13)16/h3-4,6,8,14,16H,5,7,9-12H2,1-2H3,(H,20,21,22,23). The van der Waals surface area contributed by atoms with Crippen LogP contribution in [0.4, 0.5) is 0 Å². The number of hydrogen-bond donors (Lipinski definition) is 1. The van der Waals surface area contributed by atoms with Crippen LogP contribution in [0, 0.1) is 0 Å². The summed E-state index contributed by atoms with van der Waals surface area (Å²) in [5.41, 5.74) is 2.31. The molecule has 0 spiro atoms. The van der Waals surface area contributed by atoms with E-state index in [-0.39, 0.29) is 11.9 Å². The van der Waals surface area contributed by atoms with Crippen molar-refractivity contribution in [2.45, 2.75) is 69.9 Å². The van der Waals surface area contributed by atoms with Crippen LogP contribution in [0.5, 0.6) is 0 Å². The molecule has 1 fully saturated rings. The van der Waals surface area contributed by atoms with E-state index in [2.05, 4.69) is 49.8 Å². The van der Waals surface area contributed by atoms with E-state index in [4.69, 9.17) is 0 Å². The molecule has 132 valence electrons. The molecule has 1 aromatic carbocycles. The van der Waals surface area contributed by atoms with Crippen molar-refractivity contribution >= 4 is 5.91 Å². The van der Waals surface area contributed by atoms with Gasteiger partial charge >= 0.3 is 0 Å². The zero-order chi connectivity index (χ0) is 17.4. The molecule has 1 unspecified atom stereocenters. The quantitative estimate of drug-likeness (QED) is 0.909. The van der Waals surface area contributed by atoms with Crippen LogP contribution in [-0.4, -0.2) is 37.5 Å². The van der Waals surface area contributed by atoms with Crippen LogP contribution < -0.4 is 0 Å². The maximum Gasteiger partial charge on any atom is 0.224 e. The van der Waals surface area contributed by atoms with Gasteiger partial charge < -0.3 is 4.90 Å². The summed E-state index contributed by atoms with van der Waals surface area (Å²) in [7, 11) is 0. The van der Waals surface area contributed by atoms with E-state index in [1.54, 1.807) is 0 Å². The maximum atomic E-state index is 13.3. The average Bonchev–Trinajstić information content (AvgIpc) is 3.25. The Hall–Kier alpha value is -2.24. The van der Waals surface area contributed by atoms with Crippen LogP contribution in [-0.2, 0) is 16.6 Å². The van der Waals surface area contributed by atoms with Crippen molar-refractivity contribution in [3.8, 4) is 0 Å². The summed E-state index contributed by atoms with van der Waals surface area (Å²) in [6, 6.07) is 9.21. The Bertz CT molecular complexity index is 751. The van der Waals surface area contributed by atoms with Crippen molar-refractivity contribution in [1.82, 2.24) is 25.5 Å². The first-order valence-electron chi connectivity index (χ1n) is 9.19. The van der Waals surface area contributed by atoms with Gasteiger partial charge in [0.15, 0.2) is 5.82 Å². The van der Waals surface area contributed by atoms with E-state index in [1.165, 1.54) is 11.1 Å². The lowest BCUT2D eigenvalue weighted by Crippen LogP contribution is -2.41. The van der Waals surface area contributed by atoms with Gasteiger partial charge in [-0.25, -0.2) is 0 Å². The second-order valence-corrected chi connectivity index (χ2v) is 7.94. The van der Waals surface area contributed by atoms with Gasteiger partial charge in [0.1, 0.15) is 0 Å². The zero-order valence-electron chi connectivity index (χ0n) is 14.9. The number of tetrazole rings is 1. The molecule has 2 aliphatic rings. The Morgan fingerprint density at radius 2 is 2.08 bits per heavy atom. The fourth-order valence-electron chi connectivity index (χ4n) is 4.00. The van der Waals surface area contributed by atoms with Crippen molar-refractivity contribution in [2.75, 3.05) is 0 Å². The predicted molar refractivity (Wildman–Crippen MR) is 93.8 cm³/mol. The van der Waals surface area contributed by atoms with E-state index in [0.717, 1.165) is 32.1 Å². The molecule has 1 heterocycles. The number of carbonyl (C=O) groups excluding carboxylic acids is 1. The fraction of sp³-hybridized carbons (Fsp3) is 0.579. The molecule has 2 aromatic rings. The first-order valence-corrected chi connectivity index (χ1v) is 9.19. The SMILES string of the molecule is CC(C)(CC(=O)N(C1CC1)C1CCCc2ccccc21)c1nn[nH]n1. The van der Waals surface area contributed by atoms with Gasteiger partial charge in [-0.3, -0.25) is 4.79 Å². The van der Waals surface area contributed by atoms with Crippen molar-refractivity contribution < 1.29 is 4.79 Å². The molecule has 1 N–H and O–H groups in total. The smallest absolute Gasteiger partial charge is 0.224 e. The minimum absolute atomic E-state index is 0.207. The third kappa shape index (κ3) is 3.17. The summed E-state index contributed by atoms with van der Waals surface area (Å²) < 4.78 is 0. The van der Waals surface area contributed by atoms with E-state index >= 15 is 0 Å². The number of carbonyl (C=O) groups is 1. The minimum atomic E-state index is -0.425. The molecule has 0 radical (unpaired) electrons. The Labute approximate surface area is 148 Å². The molecular weight excluding hydrogens is 314 g/mol. The largest absolute Gasteiger partial charge is 0.333 e. The van der Waals surface area contributed by atoms with Gasteiger partial charge in [-0.2, -0.15) is 5.21 Å². The molecule has 6 heteroatoms. The third-order valence-electron chi connectivity index (χ3n) is 5.45. The number of aromatic nitrogens is 4. The molecule has 0 bridgehead atoms. The topological polar surface area (TPSA) is 74.8 Å². The number of H-pyrrole nitrogens is 1. The number of aromatic amines is 1. The summed E-state index contributed by atoms with van der Waals surface area (Å²) in [5, 5.41) is 14.3. The van der Waals surface area contributed by atoms with E-state index in [0.29, 0.717) is 18.3 Å². The lowest BCUT2D eigenvalue weighted by Gasteiger charge is -2.37. The number of aryl methyl sites for hydroxylation is 1. The van der Waals surface area contributed by atoms with Gasteiger partial charge in [-0.05, 0) is 43.2 Å². The van der Waals surface area contributed by atoms with Crippen LogP contribution in [0.2, 0.25) is 0 Å². The molecule has 1 atom stereocenters. The summed E-state index contributed by atoms with van der Waals surface area (Å²) in [4.78, 5) is 15.5. The average molecular weight is 339 g/mol. The Balaban J connectivity index is 1.59. The maximum absolute atomic E-state index is 13.3. The van der Waals surface area contributed by atoms with E-state index in [9.17, 15) is 4.79 Å². The molecule has 25 heavy (non-hydrogen) atoms. The second kappa shape index (κ2) is 6.24. The molecule has 1 amide bonds. The van der Waals surface area contributed by atoms with E-state index < -0.39 is 5.41 Å². The van der Waals surface area contributed by atoms with Crippen molar-refractivity contribution in [2.24, 2.45) is 0 Å². The van der Waals surface area contributed by atoms with Crippen molar-refractivity contribution in [1.29, 1.82) is 0 Å². The highest BCUT2D eigenvalue weighted by Gasteiger charge is 2.41. The predicted octanol–water partition coefficient (Wildman–Crippen LogP) is 2.94. The normalized spacial score (nSPS) is 20.2. The van der Waals surface area contributed by atoms with Gasteiger partial charge in [-0.1, -0.05) is 43.3 Å². The highest BCUT2D eigenvalue weighted by molar-refractivity contribution is 5.79. The molecule has 6 nitrogen and oxygen atoms in total. The summed E-state index contributed by atoms with van der Waals surface area (Å²) in [5.74, 6) is 0.805. The number of benzene rings is 1. The number of hydrogen-bond acceptors (Lipinski definition) is 4. The van der Waals surface area contributed by atoms with Crippen molar-refractivity contribution in [3.05, 3.63) is 41.2 Å². The molecule has 0 saturated heterocycles. The molecule has 2 aliphatic carbocycles. The Morgan fingerprint density at radius 3 is 2.80 bits per heavy atom. The number of amides is 1. The number of nitrogens with zero attached hydrogens (tertiary/aromatic N) is 4. The molecule has 1 aromatic heterocycles. The molecule has 0 aliphatic heterocycles. The summed E-state index contributed by atoms with van der Waals surface area (Å²) in [6.07, 6.45) is 5.96. The third-order valence-corrected chi connectivity index (χ3v) is 5.45. The second-order valence-electron chi connectivity index (χ2n) is 7.94. The molecule has 1 saturated carbocycles. The highest BCUT2D eigenvalue weighted by Crippen LogP contribution is 2.42. The monoisotopic (exact) mass is 339 g/mol. The number of nitrogens with one attached hydrogen (secondary N) is 1. The van der Waals surface area contributed by atoms with Gasteiger partial charge in [0.2, 0.25) is 5.91 Å². The van der Waals surface area contributed by atoms with E-state index in [1.807, 2.05) is 13.8 Å². The van der Waals surface area contributed by atoms with Crippen LogP contribution in [0.1, 0.15) is 68.9 Å². The summed E-state index contributed by atoms with van der Waals surface area (Å²) >= 11 is 0. The first kappa shape index (κ1) is 16.2. The Morgan fingerprint density at radius 1 is 1.28 bits per heavy atom. The van der Waals surface area contributed by atoms with Gasteiger partial charge in [0.05, 0.1) is 6.04 Å². The first-order chi connectivity index (χ1) is 12.1. The molecular formula is C19H25N5O. The zero-order valence-corrected chi connectivity index (χ0v) is 14.9. The fourth-order valence-corrected chi connectivity index (χ4v) is 4.00. The lowest BCUT2D eigenvalue weighted by atomic mass is 9.84. The van der Waals surface area contributed by atoms with Gasteiger partial charge in [0.25, 0.3) is 0 Å². The lowest BCUT2D eigenvalue weighted by molar-refractivity contribution is -0.136. The molecule has 4 rings (SSSR count). The minimum Gasteiger partial charge on any atom is -0.333 e. The van der Waals surface area contributed by atoms with Crippen LogP contribution in [0.15, 0.2) is 24.3 Å². The van der Waals surface area contributed by atoms with Gasteiger partial charge in [0, 0.05) is 17.9 Å². The number of fused-ring (bicyclic) bond motifs is 1. The highest BCUT2D eigenvalue weighted by atomic mass is 16.2. The number of rotatable bonds is 5. The van der Waals surface area contributed by atoms with Crippen molar-refractivity contribution in [3.63, 3.8) is 0 Å². The van der Waals surface area contributed by atoms with Crippen LogP contribution in [0.3, 0.4) is 0 Å². The summed E-state index contributed by atoms with van der Waals surface area (Å²) in [6.45, 7) is 4.02. The van der Waals surface area contributed by atoms with Gasteiger partial charge in [-0.15, -0.1) is 10.2 Å². The van der Waals surface area contributed by atoms with Crippen LogP contribution in [0.25, 0.3) is 0 Å².